The van der Waals surface area contributed by atoms with Crippen molar-refractivity contribution >= 4 is 5.91 Å². The Hall–Kier alpha value is -1.37. The van der Waals surface area contributed by atoms with Gasteiger partial charge in [-0.15, -0.1) is 0 Å². The van der Waals surface area contributed by atoms with E-state index in [-0.39, 0.29) is 18.4 Å². The summed E-state index contributed by atoms with van der Waals surface area (Å²) >= 11 is 0. The van der Waals surface area contributed by atoms with Crippen molar-refractivity contribution in [3.8, 4) is 0 Å². The second-order valence-corrected chi connectivity index (χ2v) is 5.03. The fourth-order valence-electron chi connectivity index (χ4n) is 2.21. The highest BCUT2D eigenvalue weighted by molar-refractivity contribution is 5.75. The van der Waals surface area contributed by atoms with E-state index in [9.17, 15) is 9.90 Å². The molecule has 0 radical (unpaired) electrons. The molecule has 1 aromatic heterocycles. The van der Waals surface area contributed by atoms with Crippen LogP contribution in [0.15, 0.2) is 22.8 Å². The highest BCUT2D eigenvalue weighted by atomic mass is 16.5. The Morgan fingerprint density at radius 1 is 1.55 bits per heavy atom. The Morgan fingerprint density at radius 3 is 3.20 bits per heavy atom. The van der Waals surface area contributed by atoms with Gasteiger partial charge in [0.2, 0.25) is 5.91 Å². The fourth-order valence-corrected chi connectivity index (χ4v) is 2.21. The van der Waals surface area contributed by atoms with Gasteiger partial charge in [-0.25, -0.2) is 0 Å². The van der Waals surface area contributed by atoms with E-state index in [0.717, 1.165) is 18.8 Å². The molecule has 1 aromatic rings. The SMILES string of the molecule is O=C(CCN1CCOC[C@@H](CO)C1)NCc1ccco1. The third kappa shape index (κ3) is 4.96. The highest BCUT2D eigenvalue weighted by Crippen LogP contribution is 2.07. The van der Waals surface area contributed by atoms with Crippen LogP contribution in [-0.2, 0) is 16.1 Å². The van der Waals surface area contributed by atoms with Crippen molar-refractivity contribution in [1.82, 2.24) is 10.2 Å². The van der Waals surface area contributed by atoms with Crippen molar-refractivity contribution in [2.24, 2.45) is 5.92 Å². The van der Waals surface area contributed by atoms with E-state index < -0.39 is 0 Å². The van der Waals surface area contributed by atoms with Crippen LogP contribution in [0.2, 0.25) is 0 Å². The minimum absolute atomic E-state index is 0.00659. The summed E-state index contributed by atoms with van der Waals surface area (Å²) in [6, 6.07) is 3.63. The molecule has 1 fully saturated rings. The molecule has 6 heteroatoms. The number of ether oxygens (including phenoxy) is 1. The van der Waals surface area contributed by atoms with Crippen LogP contribution in [0.3, 0.4) is 0 Å². The van der Waals surface area contributed by atoms with Gasteiger partial charge in [-0.05, 0) is 12.1 Å². The third-order valence-corrected chi connectivity index (χ3v) is 3.37. The molecule has 0 aromatic carbocycles. The van der Waals surface area contributed by atoms with E-state index in [2.05, 4.69) is 10.2 Å². The molecule has 1 saturated heterocycles. The van der Waals surface area contributed by atoms with Gasteiger partial charge >= 0.3 is 0 Å². The average Bonchev–Trinajstić information content (AvgIpc) is 2.87. The van der Waals surface area contributed by atoms with Crippen LogP contribution in [-0.4, -0.2) is 55.4 Å². The molecule has 0 unspecified atom stereocenters. The first-order chi connectivity index (χ1) is 9.78. The molecule has 2 rings (SSSR count). The molecular formula is C14H22N2O4. The van der Waals surface area contributed by atoms with Gasteiger partial charge in [-0.3, -0.25) is 4.79 Å². The minimum atomic E-state index is 0.00659. The number of hydrogen-bond acceptors (Lipinski definition) is 5. The maximum absolute atomic E-state index is 11.8. The van der Waals surface area contributed by atoms with Gasteiger partial charge in [0, 0.05) is 38.6 Å². The molecule has 0 saturated carbocycles. The lowest BCUT2D eigenvalue weighted by atomic mass is 10.1. The molecule has 0 bridgehead atoms. The largest absolute Gasteiger partial charge is 0.467 e. The van der Waals surface area contributed by atoms with Crippen molar-refractivity contribution in [2.45, 2.75) is 13.0 Å². The van der Waals surface area contributed by atoms with Gasteiger partial charge in [0.05, 0.1) is 26.0 Å². The first kappa shape index (κ1) is 15.0. The summed E-state index contributed by atoms with van der Waals surface area (Å²) in [6.45, 7) is 4.07. The zero-order valence-corrected chi connectivity index (χ0v) is 11.6. The quantitative estimate of drug-likeness (QED) is 0.781. The lowest BCUT2D eigenvalue weighted by Gasteiger charge is -2.21. The van der Waals surface area contributed by atoms with Crippen LogP contribution < -0.4 is 5.32 Å². The van der Waals surface area contributed by atoms with Crippen molar-refractivity contribution in [3.63, 3.8) is 0 Å². The zero-order valence-electron chi connectivity index (χ0n) is 11.6. The molecule has 0 spiro atoms. The van der Waals surface area contributed by atoms with Gasteiger partial charge in [0.25, 0.3) is 0 Å². The molecule has 2 heterocycles. The summed E-state index contributed by atoms with van der Waals surface area (Å²) in [5, 5.41) is 12.0. The molecule has 1 aliphatic rings. The number of carbonyl (C=O) groups is 1. The summed E-state index contributed by atoms with van der Waals surface area (Å²) in [4.78, 5) is 13.9. The van der Waals surface area contributed by atoms with Crippen molar-refractivity contribution < 1.29 is 19.1 Å². The third-order valence-electron chi connectivity index (χ3n) is 3.37. The molecule has 1 amide bonds. The standard InChI is InChI=1S/C14H22N2O4/c17-10-12-9-16(5-7-19-11-12)4-3-14(18)15-8-13-2-1-6-20-13/h1-2,6,12,17H,3-5,7-11H2,(H,15,18)/t12-/m1/s1. The first-order valence-electron chi connectivity index (χ1n) is 6.98. The number of furan rings is 1. The van der Waals surface area contributed by atoms with Crippen molar-refractivity contribution in [3.05, 3.63) is 24.2 Å². The number of nitrogens with one attached hydrogen (secondary N) is 1. The average molecular weight is 282 g/mol. The van der Waals surface area contributed by atoms with E-state index in [4.69, 9.17) is 9.15 Å². The molecule has 20 heavy (non-hydrogen) atoms. The number of hydrogen-bond donors (Lipinski definition) is 2. The van der Waals surface area contributed by atoms with Gasteiger partial charge < -0.3 is 24.5 Å². The summed E-state index contributed by atoms with van der Waals surface area (Å²) in [5.74, 6) is 0.901. The lowest BCUT2D eigenvalue weighted by Crippen LogP contribution is -2.35. The van der Waals surface area contributed by atoms with Crippen LogP contribution >= 0.6 is 0 Å². The van der Waals surface area contributed by atoms with Crippen LogP contribution in [0.4, 0.5) is 0 Å². The monoisotopic (exact) mass is 282 g/mol. The predicted octanol–water partition coefficient (Wildman–Crippen LogP) is 0.227. The molecule has 1 atom stereocenters. The second kappa shape index (κ2) is 8.04. The molecule has 6 nitrogen and oxygen atoms in total. The number of nitrogens with zero attached hydrogens (tertiary/aromatic N) is 1. The molecule has 2 N–H and O–H groups in total. The minimum Gasteiger partial charge on any atom is -0.467 e. The Labute approximate surface area is 118 Å². The Morgan fingerprint density at radius 2 is 2.45 bits per heavy atom. The van der Waals surface area contributed by atoms with E-state index in [1.807, 2.05) is 6.07 Å². The van der Waals surface area contributed by atoms with Crippen LogP contribution in [0, 0.1) is 5.92 Å². The second-order valence-electron chi connectivity index (χ2n) is 5.03. The smallest absolute Gasteiger partial charge is 0.221 e. The summed E-state index contributed by atoms with van der Waals surface area (Å²) in [6.07, 6.45) is 2.03. The number of rotatable bonds is 6. The Kier molecular flexibility index (Phi) is 6.04. The van der Waals surface area contributed by atoms with E-state index in [0.29, 0.717) is 32.7 Å². The van der Waals surface area contributed by atoms with Crippen molar-refractivity contribution in [2.75, 3.05) is 39.5 Å². The number of aliphatic hydroxyl groups is 1. The van der Waals surface area contributed by atoms with Gasteiger partial charge in [0.1, 0.15) is 5.76 Å². The molecule has 0 aliphatic carbocycles. The van der Waals surface area contributed by atoms with Crippen molar-refractivity contribution in [1.29, 1.82) is 0 Å². The molecular weight excluding hydrogens is 260 g/mol. The summed E-state index contributed by atoms with van der Waals surface area (Å²) in [5.41, 5.74) is 0. The van der Waals surface area contributed by atoms with Gasteiger partial charge in [0.15, 0.2) is 0 Å². The van der Waals surface area contributed by atoms with Crippen LogP contribution in [0.1, 0.15) is 12.2 Å². The topological polar surface area (TPSA) is 74.9 Å². The zero-order chi connectivity index (χ0) is 14.2. The van der Waals surface area contributed by atoms with Crippen LogP contribution in [0.25, 0.3) is 0 Å². The highest BCUT2D eigenvalue weighted by Gasteiger charge is 2.18. The number of aliphatic hydroxyl groups excluding tert-OH is 1. The normalized spacial score (nSPS) is 20.6. The maximum atomic E-state index is 11.8. The van der Waals surface area contributed by atoms with Gasteiger partial charge in [-0.2, -0.15) is 0 Å². The number of carbonyl (C=O) groups excluding carboxylic acids is 1. The molecule has 1 aliphatic heterocycles. The van der Waals surface area contributed by atoms with E-state index >= 15 is 0 Å². The van der Waals surface area contributed by atoms with E-state index in [1.54, 1.807) is 12.3 Å². The predicted molar refractivity (Wildman–Crippen MR) is 73.0 cm³/mol. The lowest BCUT2D eigenvalue weighted by molar-refractivity contribution is -0.121. The Bertz CT molecular complexity index is 394. The number of amides is 1. The molecule has 112 valence electrons. The summed E-state index contributed by atoms with van der Waals surface area (Å²) < 4.78 is 10.6. The summed E-state index contributed by atoms with van der Waals surface area (Å²) in [7, 11) is 0. The fraction of sp³-hybridized carbons (Fsp3) is 0.643. The van der Waals surface area contributed by atoms with Crippen LogP contribution in [0.5, 0.6) is 0 Å². The van der Waals surface area contributed by atoms with E-state index in [1.165, 1.54) is 0 Å². The van der Waals surface area contributed by atoms with Gasteiger partial charge in [-0.1, -0.05) is 0 Å². The maximum Gasteiger partial charge on any atom is 0.221 e. The first-order valence-corrected chi connectivity index (χ1v) is 6.98. The Balaban J connectivity index is 1.66.